The zero-order valence-electron chi connectivity index (χ0n) is 19.0. The Bertz CT molecular complexity index is 1520. The molecule has 0 fully saturated rings. The summed E-state index contributed by atoms with van der Waals surface area (Å²) in [5.41, 5.74) is 1.12. The lowest BCUT2D eigenvalue weighted by molar-refractivity contribution is -0.144. The van der Waals surface area contributed by atoms with Gasteiger partial charge in [-0.25, -0.2) is 18.4 Å². The molecule has 2 aromatic carbocycles. The molecule has 10 nitrogen and oxygen atoms in total. The van der Waals surface area contributed by atoms with Crippen molar-refractivity contribution in [2.24, 2.45) is 0 Å². The zero-order chi connectivity index (χ0) is 26.8. The normalized spacial score (nSPS) is 12.8. The van der Waals surface area contributed by atoms with Crippen LogP contribution in [-0.2, 0) is 16.0 Å². The molecule has 0 saturated heterocycles. The van der Waals surface area contributed by atoms with Gasteiger partial charge in [0.1, 0.15) is 5.82 Å². The molecule has 0 spiro atoms. The first-order valence-corrected chi connectivity index (χ1v) is 12.8. The molecule has 0 unspecified atom stereocenters. The third kappa shape index (κ3) is 6.15. The van der Waals surface area contributed by atoms with Crippen LogP contribution in [0.3, 0.4) is 0 Å². The van der Waals surface area contributed by atoms with Crippen molar-refractivity contribution in [2.75, 3.05) is 23.5 Å². The highest BCUT2D eigenvalue weighted by atomic mass is 35.5. The molecule has 4 N–H and O–H groups in total. The lowest BCUT2D eigenvalue weighted by Gasteiger charge is -2.19. The lowest BCUT2D eigenvalue weighted by Crippen LogP contribution is -2.17. The van der Waals surface area contributed by atoms with E-state index in [1.54, 1.807) is 30.3 Å². The maximum Gasteiger partial charge on any atom is 0.453 e. The first-order valence-electron chi connectivity index (χ1n) is 10.5. The highest BCUT2D eigenvalue weighted by molar-refractivity contribution is 7.90. The van der Waals surface area contributed by atoms with Crippen LogP contribution >= 0.6 is 11.6 Å². The molecule has 194 valence electrons. The third-order valence-corrected chi connectivity index (χ3v) is 6.65. The number of aliphatic hydroxyl groups excluding tert-OH is 1. The summed E-state index contributed by atoms with van der Waals surface area (Å²) in [4.78, 5) is 11.9. The average molecular weight is 554 g/mol. The molecule has 0 radical (unpaired) electrons. The summed E-state index contributed by atoms with van der Waals surface area (Å²) in [5, 5.41) is 21.3. The average Bonchev–Trinajstić information content (AvgIpc) is 3.33. The van der Waals surface area contributed by atoms with Crippen LogP contribution in [0, 0.1) is 0 Å². The summed E-state index contributed by atoms with van der Waals surface area (Å²) in [6, 6.07) is 12.3. The number of nitrogens with one attached hydrogen (secondary N) is 3. The Morgan fingerprint density at radius 3 is 2.46 bits per heavy atom. The first kappa shape index (κ1) is 26.3. The highest BCUT2D eigenvalue weighted by Gasteiger charge is 2.36. The minimum Gasteiger partial charge on any atom is -0.394 e. The second kappa shape index (κ2) is 10.3. The topological polar surface area (TPSA) is 146 Å². The number of sulfone groups is 1. The number of hydrogen-bond donors (Lipinski definition) is 4. The fourth-order valence-electron chi connectivity index (χ4n) is 3.33. The Morgan fingerprint density at radius 2 is 1.86 bits per heavy atom. The quantitative estimate of drug-likeness (QED) is 0.252. The van der Waals surface area contributed by atoms with Gasteiger partial charge < -0.3 is 15.7 Å². The summed E-state index contributed by atoms with van der Waals surface area (Å²) < 4.78 is 62.8. The SMILES string of the molecule is CS(=O)(=O)c1ccc(Nc2ncc(-c3nc(C(F)(F)F)n[nH]3)c(N[C@H](CO)c3ccccc3)n2)cc1Cl. The second-order valence-corrected chi connectivity index (χ2v) is 10.2. The van der Waals surface area contributed by atoms with Crippen LogP contribution in [0.2, 0.25) is 5.02 Å². The van der Waals surface area contributed by atoms with E-state index in [2.05, 4.69) is 35.8 Å². The largest absolute Gasteiger partial charge is 0.453 e. The molecular weight excluding hydrogens is 535 g/mol. The Kier molecular flexibility index (Phi) is 7.34. The lowest BCUT2D eigenvalue weighted by atomic mass is 10.1. The van der Waals surface area contributed by atoms with Crippen LogP contribution < -0.4 is 10.6 Å². The van der Waals surface area contributed by atoms with E-state index in [9.17, 15) is 26.7 Å². The predicted octanol–water partition coefficient (Wildman–Crippen LogP) is 4.23. The number of rotatable bonds is 8. The number of alkyl halides is 3. The van der Waals surface area contributed by atoms with Crippen molar-refractivity contribution in [1.82, 2.24) is 25.1 Å². The van der Waals surface area contributed by atoms with Crippen molar-refractivity contribution < 1.29 is 26.7 Å². The van der Waals surface area contributed by atoms with Crippen molar-refractivity contribution >= 4 is 38.9 Å². The summed E-state index contributed by atoms with van der Waals surface area (Å²) in [5.74, 6) is -1.55. The van der Waals surface area contributed by atoms with Crippen molar-refractivity contribution in [1.29, 1.82) is 0 Å². The van der Waals surface area contributed by atoms with E-state index in [-0.39, 0.29) is 39.7 Å². The molecule has 37 heavy (non-hydrogen) atoms. The molecule has 0 aliphatic carbocycles. The number of anilines is 3. The van der Waals surface area contributed by atoms with Gasteiger partial charge in [-0.05, 0) is 23.8 Å². The maximum atomic E-state index is 13.1. The molecule has 0 amide bonds. The van der Waals surface area contributed by atoms with Crippen LogP contribution in [0.1, 0.15) is 17.4 Å². The smallest absolute Gasteiger partial charge is 0.394 e. The van der Waals surface area contributed by atoms with Crippen LogP contribution in [0.15, 0.2) is 59.6 Å². The predicted molar refractivity (Wildman–Crippen MR) is 130 cm³/mol. The van der Waals surface area contributed by atoms with Gasteiger partial charge in [-0.1, -0.05) is 41.9 Å². The molecular formula is C22H19ClF3N7O3S. The Hall–Kier alpha value is -3.75. The molecule has 4 aromatic rings. The van der Waals surface area contributed by atoms with Crippen LogP contribution in [0.25, 0.3) is 11.4 Å². The van der Waals surface area contributed by atoms with E-state index < -0.39 is 27.9 Å². The Balaban J connectivity index is 1.72. The van der Waals surface area contributed by atoms with Crippen molar-refractivity contribution in [3.8, 4) is 11.4 Å². The van der Waals surface area contributed by atoms with Gasteiger partial charge in [0, 0.05) is 18.1 Å². The monoisotopic (exact) mass is 553 g/mol. The van der Waals surface area contributed by atoms with E-state index in [4.69, 9.17) is 11.6 Å². The number of H-pyrrole nitrogens is 1. The summed E-state index contributed by atoms with van der Waals surface area (Å²) in [6.07, 6.45) is -2.51. The van der Waals surface area contributed by atoms with Gasteiger partial charge in [0.2, 0.25) is 5.95 Å². The van der Waals surface area contributed by atoms with Gasteiger partial charge in [0.25, 0.3) is 5.82 Å². The number of benzene rings is 2. The number of aromatic nitrogens is 5. The molecule has 2 heterocycles. The van der Waals surface area contributed by atoms with Crippen LogP contribution in [0.4, 0.5) is 30.6 Å². The molecule has 2 aromatic heterocycles. The van der Waals surface area contributed by atoms with Gasteiger partial charge in [-0.15, -0.1) is 5.10 Å². The molecule has 15 heteroatoms. The zero-order valence-corrected chi connectivity index (χ0v) is 20.5. The maximum absolute atomic E-state index is 13.1. The Morgan fingerprint density at radius 1 is 1.14 bits per heavy atom. The molecule has 4 rings (SSSR count). The molecule has 1 atom stereocenters. The number of aliphatic hydroxyl groups is 1. The molecule has 0 bridgehead atoms. The number of hydrogen-bond acceptors (Lipinski definition) is 9. The third-order valence-electron chi connectivity index (χ3n) is 5.07. The van der Waals surface area contributed by atoms with E-state index in [0.29, 0.717) is 11.3 Å². The summed E-state index contributed by atoms with van der Waals surface area (Å²) in [7, 11) is -3.54. The summed E-state index contributed by atoms with van der Waals surface area (Å²) >= 11 is 6.10. The van der Waals surface area contributed by atoms with E-state index in [1.165, 1.54) is 24.4 Å². The number of halogens is 4. The van der Waals surface area contributed by atoms with Gasteiger partial charge >= 0.3 is 6.18 Å². The van der Waals surface area contributed by atoms with Crippen molar-refractivity contribution in [2.45, 2.75) is 17.1 Å². The summed E-state index contributed by atoms with van der Waals surface area (Å²) in [6.45, 7) is -0.358. The molecule has 0 aliphatic rings. The standard InChI is InChI=1S/C22H19ClF3N7O3S/c1-37(35,36)17-8-7-13(9-15(17)23)28-21-27-10-14(19-30-20(33-32-19)22(24,25)26)18(31-21)29-16(11-34)12-5-3-2-4-6-12/h2-10,16,34H,11H2,1H3,(H,30,32,33)(H2,27,28,29,31)/t16-/m1/s1. The highest BCUT2D eigenvalue weighted by Crippen LogP contribution is 2.32. The second-order valence-electron chi connectivity index (χ2n) is 7.79. The minimum absolute atomic E-state index is 0.00901. The molecule has 0 saturated carbocycles. The van der Waals surface area contributed by atoms with Gasteiger partial charge in [0.15, 0.2) is 15.7 Å². The van der Waals surface area contributed by atoms with E-state index >= 15 is 0 Å². The van der Waals surface area contributed by atoms with Gasteiger partial charge in [-0.3, -0.25) is 5.10 Å². The minimum atomic E-state index is -4.76. The fourth-order valence-corrected chi connectivity index (χ4v) is 4.66. The Labute approximate surface area is 213 Å². The fraction of sp³-hybridized carbons (Fsp3) is 0.182. The number of nitrogens with zero attached hydrogens (tertiary/aromatic N) is 4. The van der Waals surface area contributed by atoms with Gasteiger partial charge in [-0.2, -0.15) is 18.2 Å². The first-order chi connectivity index (χ1) is 17.5. The number of aromatic amines is 1. The van der Waals surface area contributed by atoms with Gasteiger partial charge in [0.05, 0.1) is 28.1 Å². The molecule has 0 aliphatic heterocycles. The van der Waals surface area contributed by atoms with Crippen LogP contribution in [0.5, 0.6) is 0 Å². The van der Waals surface area contributed by atoms with Crippen molar-refractivity contribution in [3.05, 3.63) is 71.1 Å². The van der Waals surface area contributed by atoms with Crippen LogP contribution in [-0.4, -0.2) is 51.5 Å². The van der Waals surface area contributed by atoms with E-state index in [1.807, 2.05) is 0 Å². The van der Waals surface area contributed by atoms with Crippen molar-refractivity contribution in [3.63, 3.8) is 0 Å². The van der Waals surface area contributed by atoms with E-state index in [0.717, 1.165) is 6.26 Å².